The summed E-state index contributed by atoms with van der Waals surface area (Å²) < 4.78 is 13.1. The van der Waals surface area contributed by atoms with Gasteiger partial charge in [-0.2, -0.15) is 0 Å². The molecule has 2 heteroatoms. The van der Waals surface area contributed by atoms with Crippen LogP contribution in [0.1, 0.15) is 29.2 Å². The summed E-state index contributed by atoms with van der Waals surface area (Å²) in [7, 11) is 0. The zero-order valence-corrected chi connectivity index (χ0v) is 10.6. The molecule has 0 aliphatic heterocycles. The van der Waals surface area contributed by atoms with Crippen LogP contribution in [0, 0.1) is 12.7 Å². The molecule has 1 unspecified atom stereocenters. The minimum absolute atomic E-state index is 0.0385. The molecule has 0 heterocycles. The highest BCUT2D eigenvalue weighted by Gasteiger charge is 2.06. The Balaban J connectivity index is 1.97. The smallest absolute Gasteiger partial charge is 0.126 e. The highest BCUT2D eigenvalue weighted by atomic mass is 19.1. The van der Waals surface area contributed by atoms with E-state index >= 15 is 0 Å². The second-order valence-corrected chi connectivity index (χ2v) is 4.64. The summed E-state index contributed by atoms with van der Waals surface area (Å²) in [4.78, 5) is 0. The summed E-state index contributed by atoms with van der Waals surface area (Å²) in [6.07, 6.45) is 1.74. The third kappa shape index (κ3) is 3.17. The van der Waals surface area contributed by atoms with Gasteiger partial charge in [-0.25, -0.2) is 4.39 Å². The molecule has 2 aromatic rings. The predicted molar refractivity (Wildman–Crippen MR) is 72.8 cm³/mol. The first-order valence-electron chi connectivity index (χ1n) is 6.22. The second kappa shape index (κ2) is 5.78. The Kier molecular flexibility index (Phi) is 4.11. The molecule has 2 N–H and O–H groups in total. The monoisotopic (exact) mass is 243 g/mol. The van der Waals surface area contributed by atoms with E-state index in [2.05, 4.69) is 0 Å². The first-order valence-corrected chi connectivity index (χ1v) is 6.22. The van der Waals surface area contributed by atoms with Gasteiger partial charge in [0.15, 0.2) is 0 Å². The normalized spacial score (nSPS) is 12.4. The lowest BCUT2D eigenvalue weighted by molar-refractivity contribution is 0.614. The molecule has 94 valence electrons. The van der Waals surface area contributed by atoms with Crippen molar-refractivity contribution >= 4 is 0 Å². The molecule has 0 aliphatic rings. The zero-order chi connectivity index (χ0) is 13.0. The quantitative estimate of drug-likeness (QED) is 0.869. The molecule has 0 radical (unpaired) electrons. The molecular weight excluding hydrogens is 225 g/mol. The van der Waals surface area contributed by atoms with Crippen molar-refractivity contribution in [3.05, 3.63) is 71.0 Å². The van der Waals surface area contributed by atoms with Crippen LogP contribution in [-0.4, -0.2) is 0 Å². The van der Waals surface area contributed by atoms with Crippen molar-refractivity contribution in [2.75, 3.05) is 0 Å². The fourth-order valence-electron chi connectivity index (χ4n) is 2.05. The fraction of sp³-hybridized carbons (Fsp3) is 0.250. The largest absolute Gasteiger partial charge is 0.324 e. The summed E-state index contributed by atoms with van der Waals surface area (Å²) in [5.74, 6) is -0.147. The Morgan fingerprint density at radius 1 is 1.11 bits per heavy atom. The van der Waals surface area contributed by atoms with Gasteiger partial charge in [0.25, 0.3) is 0 Å². The Morgan fingerprint density at radius 2 is 1.83 bits per heavy atom. The molecule has 1 nitrogen and oxygen atoms in total. The number of hydrogen-bond donors (Lipinski definition) is 1. The number of rotatable bonds is 4. The Bertz CT molecular complexity index is 508. The highest BCUT2D eigenvalue weighted by Crippen LogP contribution is 2.17. The minimum atomic E-state index is -0.147. The van der Waals surface area contributed by atoms with Crippen molar-refractivity contribution in [3.63, 3.8) is 0 Å². The second-order valence-electron chi connectivity index (χ2n) is 4.64. The van der Waals surface area contributed by atoms with E-state index in [-0.39, 0.29) is 11.9 Å². The fourth-order valence-corrected chi connectivity index (χ4v) is 2.05. The molecule has 0 aromatic heterocycles. The van der Waals surface area contributed by atoms with Crippen molar-refractivity contribution < 1.29 is 4.39 Å². The minimum Gasteiger partial charge on any atom is -0.324 e. The van der Waals surface area contributed by atoms with Gasteiger partial charge in [-0.05, 0) is 42.5 Å². The summed E-state index contributed by atoms with van der Waals surface area (Å²) in [6, 6.07) is 15.4. The van der Waals surface area contributed by atoms with Gasteiger partial charge >= 0.3 is 0 Å². The highest BCUT2D eigenvalue weighted by molar-refractivity contribution is 5.25. The van der Waals surface area contributed by atoms with Crippen LogP contribution < -0.4 is 5.73 Å². The van der Waals surface area contributed by atoms with E-state index in [1.807, 2.05) is 42.5 Å². The Morgan fingerprint density at radius 3 is 2.50 bits per heavy atom. The number of aryl methyl sites for hydroxylation is 2. The first kappa shape index (κ1) is 12.8. The van der Waals surface area contributed by atoms with Gasteiger partial charge in [-0.15, -0.1) is 0 Å². The molecule has 0 fully saturated rings. The zero-order valence-electron chi connectivity index (χ0n) is 10.6. The van der Waals surface area contributed by atoms with Crippen LogP contribution in [0.25, 0.3) is 0 Å². The number of halogens is 1. The van der Waals surface area contributed by atoms with Crippen LogP contribution >= 0.6 is 0 Å². The van der Waals surface area contributed by atoms with Crippen LogP contribution in [0.2, 0.25) is 0 Å². The molecular formula is C16H18FN. The molecule has 0 aliphatic carbocycles. The van der Waals surface area contributed by atoms with E-state index in [0.29, 0.717) is 5.56 Å². The van der Waals surface area contributed by atoms with Gasteiger partial charge < -0.3 is 5.73 Å². The molecule has 2 aromatic carbocycles. The van der Waals surface area contributed by atoms with Crippen molar-refractivity contribution in [3.8, 4) is 0 Å². The van der Waals surface area contributed by atoms with Crippen LogP contribution in [-0.2, 0) is 6.42 Å². The van der Waals surface area contributed by atoms with E-state index in [1.165, 1.54) is 6.07 Å². The van der Waals surface area contributed by atoms with E-state index in [9.17, 15) is 4.39 Å². The van der Waals surface area contributed by atoms with Crippen LogP contribution in [0.5, 0.6) is 0 Å². The molecule has 1 atom stereocenters. The average molecular weight is 243 g/mol. The van der Waals surface area contributed by atoms with Gasteiger partial charge in [-0.3, -0.25) is 0 Å². The van der Waals surface area contributed by atoms with Crippen LogP contribution in [0.4, 0.5) is 4.39 Å². The van der Waals surface area contributed by atoms with Gasteiger partial charge in [0, 0.05) is 6.04 Å². The maximum atomic E-state index is 13.1. The molecule has 0 saturated heterocycles. The van der Waals surface area contributed by atoms with E-state index in [1.54, 1.807) is 6.92 Å². The van der Waals surface area contributed by atoms with Crippen molar-refractivity contribution in [2.45, 2.75) is 25.8 Å². The van der Waals surface area contributed by atoms with Crippen LogP contribution in [0.3, 0.4) is 0 Å². The van der Waals surface area contributed by atoms with Crippen molar-refractivity contribution in [1.29, 1.82) is 0 Å². The summed E-state index contributed by atoms with van der Waals surface area (Å²) in [5.41, 5.74) is 9.12. The molecule has 0 spiro atoms. The standard InChI is InChI=1S/C16H18FN/c1-12-11-13(7-9-15(12)17)8-10-16(18)14-5-3-2-4-6-14/h2-7,9,11,16H,8,10,18H2,1H3. The van der Waals surface area contributed by atoms with Gasteiger partial charge in [-0.1, -0.05) is 42.5 Å². The number of nitrogens with two attached hydrogens (primary N) is 1. The summed E-state index contributed by atoms with van der Waals surface area (Å²) >= 11 is 0. The third-order valence-corrected chi connectivity index (χ3v) is 3.19. The maximum absolute atomic E-state index is 13.1. The molecule has 0 amide bonds. The third-order valence-electron chi connectivity index (χ3n) is 3.19. The lowest BCUT2D eigenvalue weighted by Gasteiger charge is -2.12. The van der Waals surface area contributed by atoms with Gasteiger partial charge in [0.05, 0.1) is 0 Å². The van der Waals surface area contributed by atoms with Gasteiger partial charge in [0.1, 0.15) is 5.82 Å². The number of hydrogen-bond acceptors (Lipinski definition) is 1. The molecule has 18 heavy (non-hydrogen) atoms. The lowest BCUT2D eigenvalue weighted by Crippen LogP contribution is -2.11. The number of benzene rings is 2. The predicted octanol–water partition coefficient (Wildman–Crippen LogP) is 3.77. The lowest BCUT2D eigenvalue weighted by atomic mass is 9.99. The van der Waals surface area contributed by atoms with Gasteiger partial charge in [0.2, 0.25) is 0 Å². The SMILES string of the molecule is Cc1cc(CCC(N)c2ccccc2)ccc1F. The Hall–Kier alpha value is -1.67. The van der Waals surface area contributed by atoms with Crippen molar-refractivity contribution in [1.82, 2.24) is 0 Å². The first-order chi connectivity index (χ1) is 8.66. The average Bonchev–Trinajstić information content (AvgIpc) is 2.41. The van der Waals surface area contributed by atoms with E-state index in [0.717, 1.165) is 24.0 Å². The van der Waals surface area contributed by atoms with E-state index in [4.69, 9.17) is 5.73 Å². The summed E-state index contributed by atoms with van der Waals surface area (Å²) in [5, 5.41) is 0. The summed E-state index contributed by atoms with van der Waals surface area (Å²) in [6.45, 7) is 1.79. The maximum Gasteiger partial charge on any atom is 0.126 e. The topological polar surface area (TPSA) is 26.0 Å². The molecule has 0 bridgehead atoms. The molecule has 2 rings (SSSR count). The Labute approximate surface area is 107 Å². The van der Waals surface area contributed by atoms with Crippen LogP contribution in [0.15, 0.2) is 48.5 Å². The van der Waals surface area contributed by atoms with Crippen molar-refractivity contribution in [2.24, 2.45) is 5.73 Å². The molecule has 0 saturated carbocycles. The van der Waals surface area contributed by atoms with E-state index < -0.39 is 0 Å².